The number of likely N-dealkylation sites (tertiary alicyclic amines) is 1. The largest absolute Gasteiger partial charge is 0.378 e. The van der Waals surface area contributed by atoms with Crippen LogP contribution in [0.5, 0.6) is 0 Å². The minimum Gasteiger partial charge on any atom is -0.378 e. The summed E-state index contributed by atoms with van der Waals surface area (Å²) in [6, 6.07) is 10.9. The lowest BCUT2D eigenvalue weighted by Gasteiger charge is -2.31. The van der Waals surface area contributed by atoms with Crippen LogP contribution in [0.1, 0.15) is 24.6 Å². The van der Waals surface area contributed by atoms with Gasteiger partial charge < -0.3 is 19.9 Å². The Bertz CT molecular complexity index is 1350. The minimum absolute atomic E-state index is 0.0632. The van der Waals surface area contributed by atoms with Crippen LogP contribution in [0.3, 0.4) is 0 Å². The molecule has 0 saturated carbocycles. The molecule has 1 aromatic carbocycles. The molecular weight excluding hydrogens is 460 g/mol. The monoisotopic (exact) mass is 490 g/mol. The van der Waals surface area contributed by atoms with Gasteiger partial charge in [0.1, 0.15) is 0 Å². The van der Waals surface area contributed by atoms with Gasteiger partial charge in [-0.3, -0.25) is 9.69 Å². The van der Waals surface area contributed by atoms with Gasteiger partial charge >= 0.3 is 0 Å². The molecule has 2 aliphatic heterocycles. The molecule has 35 heavy (non-hydrogen) atoms. The average Bonchev–Trinajstić information content (AvgIpc) is 3.51. The van der Waals surface area contributed by atoms with Crippen LogP contribution in [-0.2, 0) is 16.1 Å². The van der Waals surface area contributed by atoms with E-state index in [2.05, 4.69) is 50.4 Å². The van der Waals surface area contributed by atoms with Crippen molar-refractivity contribution in [2.75, 3.05) is 44.3 Å². The van der Waals surface area contributed by atoms with E-state index in [1.807, 2.05) is 6.20 Å². The minimum atomic E-state index is 0.0632. The van der Waals surface area contributed by atoms with E-state index in [9.17, 15) is 4.79 Å². The summed E-state index contributed by atoms with van der Waals surface area (Å²) in [6.45, 7) is 7.59. The molecular formula is C26H30N6O2S. The second-order valence-electron chi connectivity index (χ2n) is 9.39. The van der Waals surface area contributed by atoms with Gasteiger partial charge in [-0.15, -0.1) is 11.3 Å². The summed E-state index contributed by atoms with van der Waals surface area (Å²) in [7, 11) is 0. The van der Waals surface area contributed by atoms with Crippen molar-refractivity contribution in [1.82, 2.24) is 25.2 Å². The first kappa shape index (κ1) is 22.5. The quantitative estimate of drug-likeness (QED) is 0.443. The number of nitrogens with one attached hydrogen (secondary N) is 2. The van der Waals surface area contributed by atoms with Gasteiger partial charge in [0.2, 0.25) is 5.91 Å². The predicted octanol–water partition coefficient (Wildman–Crippen LogP) is 3.78. The number of H-pyrrole nitrogens is 1. The maximum atomic E-state index is 11.4. The second-order valence-corrected chi connectivity index (χ2v) is 10.5. The molecule has 4 aromatic rings. The zero-order chi connectivity index (χ0) is 23.8. The average molecular weight is 491 g/mol. The van der Waals surface area contributed by atoms with Crippen LogP contribution in [0.4, 0.5) is 5.82 Å². The van der Waals surface area contributed by atoms with Crippen LogP contribution in [0.2, 0.25) is 0 Å². The zero-order valence-corrected chi connectivity index (χ0v) is 20.7. The van der Waals surface area contributed by atoms with Crippen molar-refractivity contribution in [3.05, 3.63) is 41.4 Å². The molecule has 2 N–H and O–H groups in total. The molecule has 8 nitrogen and oxygen atoms in total. The van der Waals surface area contributed by atoms with Crippen LogP contribution in [0.25, 0.3) is 32.5 Å². The first-order chi connectivity index (χ1) is 17.1. The Morgan fingerprint density at radius 2 is 2.00 bits per heavy atom. The molecule has 6 rings (SSSR count). The topological polar surface area (TPSA) is 86.4 Å². The molecule has 182 valence electrons. The van der Waals surface area contributed by atoms with E-state index in [0.29, 0.717) is 6.04 Å². The number of carbonyl (C=O) groups excluding carboxylic acids is 1. The number of fused-ring (bicyclic) bond motifs is 2. The van der Waals surface area contributed by atoms with Gasteiger partial charge in [-0.1, -0.05) is 12.1 Å². The lowest BCUT2D eigenvalue weighted by molar-refractivity contribution is -0.119. The van der Waals surface area contributed by atoms with Gasteiger partial charge in [0.25, 0.3) is 0 Å². The van der Waals surface area contributed by atoms with Crippen LogP contribution in [-0.4, -0.2) is 71.2 Å². The normalized spacial score (nSPS) is 17.9. The number of thiophene rings is 1. The lowest BCUT2D eigenvalue weighted by atomic mass is 10.1. The SMILES string of the molecule is CC(=O)NC1CCN(Cc2cc3nc(-c4cccc5[nH]ccc45)nc(N4CCOCC4)c3s2)CC1. The Hall–Kier alpha value is -3.01. The number of anilines is 1. The van der Waals surface area contributed by atoms with Gasteiger partial charge in [0.15, 0.2) is 11.6 Å². The van der Waals surface area contributed by atoms with Gasteiger partial charge in [0, 0.05) is 73.2 Å². The highest BCUT2D eigenvalue weighted by Gasteiger charge is 2.23. The Kier molecular flexibility index (Phi) is 6.13. The lowest BCUT2D eigenvalue weighted by Crippen LogP contribution is -2.43. The fourth-order valence-corrected chi connectivity index (χ4v) is 6.33. The third kappa shape index (κ3) is 4.63. The highest BCUT2D eigenvalue weighted by Crippen LogP contribution is 2.36. The van der Waals surface area contributed by atoms with E-state index < -0.39 is 0 Å². The van der Waals surface area contributed by atoms with E-state index in [0.717, 1.165) is 97.1 Å². The van der Waals surface area contributed by atoms with Crippen LogP contribution >= 0.6 is 11.3 Å². The summed E-state index contributed by atoms with van der Waals surface area (Å²) in [5.41, 5.74) is 3.15. The fourth-order valence-electron chi connectivity index (χ4n) is 5.18. The van der Waals surface area contributed by atoms with E-state index in [1.54, 1.807) is 18.3 Å². The standard InChI is InChI=1S/C26H30N6O2S/c1-17(33)28-18-6-9-31(10-7-18)16-19-15-23-24(35-19)26(32-11-13-34-14-12-32)30-25(29-23)21-3-2-4-22-20(21)5-8-27-22/h2-5,8,15,18,27H,6-7,9-14,16H2,1H3,(H,28,33). The third-order valence-corrected chi connectivity index (χ3v) is 8.03. The second kappa shape index (κ2) is 9.56. The summed E-state index contributed by atoms with van der Waals surface area (Å²) >= 11 is 1.81. The number of aromatic amines is 1. The van der Waals surface area contributed by atoms with Crippen molar-refractivity contribution < 1.29 is 9.53 Å². The van der Waals surface area contributed by atoms with Crippen molar-refractivity contribution in [2.24, 2.45) is 0 Å². The van der Waals surface area contributed by atoms with Crippen LogP contribution in [0, 0.1) is 0 Å². The molecule has 2 saturated heterocycles. The number of hydrogen-bond acceptors (Lipinski definition) is 7. The maximum Gasteiger partial charge on any atom is 0.217 e. The molecule has 2 aliphatic rings. The summed E-state index contributed by atoms with van der Waals surface area (Å²) < 4.78 is 6.77. The number of piperidine rings is 1. The van der Waals surface area contributed by atoms with Crippen LogP contribution in [0.15, 0.2) is 36.5 Å². The number of carbonyl (C=O) groups is 1. The Labute approximate surface area is 208 Å². The number of amides is 1. The molecule has 0 bridgehead atoms. The molecule has 0 radical (unpaired) electrons. The first-order valence-electron chi connectivity index (χ1n) is 12.3. The summed E-state index contributed by atoms with van der Waals surface area (Å²) in [6.07, 6.45) is 3.95. The number of benzene rings is 1. The van der Waals surface area contributed by atoms with Gasteiger partial charge in [0.05, 0.1) is 23.4 Å². The Balaban J connectivity index is 1.33. The Morgan fingerprint density at radius 3 is 2.80 bits per heavy atom. The number of morpholine rings is 1. The third-order valence-electron chi connectivity index (χ3n) is 6.93. The molecule has 9 heteroatoms. The van der Waals surface area contributed by atoms with E-state index in [1.165, 1.54) is 4.88 Å². The van der Waals surface area contributed by atoms with Crippen molar-refractivity contribution >= 4 is 44.2 Å². The van der Waals surface area contributed by atoms with Gasteiger partial charge in [-0.05, 0) is 31.0 Å². The first-order valence-corrected chi connectivity index (χ1v) is 13.1. The van der Waals surface area contributed by atoms with Crippen molar-refractivity contribution in [2.45, 2.75) is 32.4 Å². The smallest absolute Gasteiger partial charge is 0.217 e. The molecule has 2 fully saturated rings. The zero-order valence-electron chi connectivity index (χ0n) is 19.9. The molecule has 0 unspecified atom stereocenters. The van der Waals surface area contributed by atoms with Crippen molar-refractivity contribution in [3.8, 4) is 11.4 Å². The van der Waals surface area contributed by atoms with Gasteiger partial charge in [-0.2, -0.15) is 0 Å². The van der Waals surface area contributed by atoms with E-state index in [-0.39, 0.29) is 5.91 Å². The molecule has 3 aromatic heterocycles. The highest BCUT2D eigenvalue weighted by molar-refractivity contribution is 7.19. The van der Waals surface area contributed by atoms with Crippen LogP contribution < -0.4 is 10.2 Å². The summed E-state index contributed by atoms with van der Waals surface area (Å²) in [5, 5.41) is 4.20. The predicted molar refractivity (Wildman–Crippen MR) is 140 cm³/mol. The van der Waals surface area contributed by atoms with Crippen molar-refractivity contribution in [3.63, 3.8) is 0 Å². The molecule has 0 atom stereocenters. The number of ether oxygens (including phenoxy) is 1. The Morgan fingerprint density at radius 1 is 1.17 bits per heavy atom. The molecule has 1 amide bonds. The number of hydrogen-bond donors (Lipinski definition) is 2. The fraction of sp³-hybridized carbons (Fsp3) is 0.423. The maximum absolute atomic E-state index is 11.4. The van der Waals surface area contributed by atoms with Gasteiger partial charge in [-0.25, -0.2) is 9.97 Å². The summed E-state index contributed by atoms with van der Waals surface area (Å²) in [5.74, 6) is 1.85. The number of aromatic nitrogens is 3. The number of rotatable bonds is 5. The summed E-state index contributed by atoms with van der Waals surface area (Å²) in [4.78, 5) is 31.0. The van der Waals surface area contributed by atoms with Crippen molar-refractivity contribution in [1.29, 1.82) is 0 Å². The highest BCUT2D eigenvalue weighted by atomic mass is 32.1. The molecule has 0 spiro atoms. The number of nitrogens with zero attached hydrogens (tertiary/aromatic N) is 4. The van der Waals surface area contributed by atoms with E-state index in [4.69, 9.17) is 14.7 Å². The molecule has 0 aliphatic carbocycles. The molecule has 5 heterocycles. The van der Waals surface area contributed by atoms with E-state index >= 15 is 0 Å².